The summed E-state index contributed by atoms with van der Waals surface area (Å²) >= 11 is 0. The van der Waals surface area contributed by atoms with Gasteiger partial charge in [-0.1, -0.05) is 6.92 Å². The molecule has 0 aliphatic carbocycles. The molecule has 5 nitrogen and oxygen atoms in total. The summed E-state index contributed by atoms with van der Waals surface area (Å²) in [5.41, 5.74) is 5.66. The SMILES string of the molecule is CCC(C)N(C)CCNc1cc(N)nc(C)n1. The molecular formula is C12H23N5. The van der Waals surface area contributed by atoms with E-state index in [-0.39, 0.29) is 0 Å². The van der Waals surface area contributed by atoms with Crippen LogP contribution in [0.5, 0.6) is 0 Å². The topological polar surface area (TPSA) is 67.1 Å². The maximum absolute atomic E-state index is 5.66. The smallest absolute Gasteiger partial charge is 0.131 e. The second-order valence-corrected chi connectivity index (χ2v) is 4.39. The molecular weight excluding hydrogens is 214 g/mol. The van der Waals surface area contributed by atoms with Gasteiger partial charge in [0, 0.05) is 25.2 Å². The quantitative estimate of drug-likeness (QED) is 0.785. The summed E-state index contributed by atoms with van der Waals surface area (Å²) in [5.74, 6) is 2.01. The predicted molar refractivity (Wildman–Crippen MR) is 72.1 cm³/mol. The summed E-state index contributed by atoms with van der Waals surface area (Å²) in [4.78, 5) is 10.6. The zero-order valence-corrected chi connectivity index (χ0v) is 11.2. The molecule has 1 unspecified atom stereocenters. The Kier molecular flexibility index (Phi) is 5.15. The Labute approximate surface area is 103 Å². The van der Waals surface area contributed by atoms with Crippen LogP contribution in [0.2, 0.25) is 0 Å². The number of hydrogen-bond acceptors (Lipinski definition) is 5. The third-order valence-electron chi connectivity index (χ3n) is 2.97. The van der Waals surface area contributed by atoms with Crippen molar-refractivity contribution in [1.82, 2.24) is 14.9 Å². The van der Waals surface area contributed by atoms with Crippen molar-refractivity contribution in [3.05, 3.63) is 11.9 Å². The van der Waals surface area contributed by atoms with Gasteiger partial charge in [0.1, 0.15) is 17.5 Å². The van der Waals surface area contributed by atoms with Crippen LogP contribution in [0, 0.1) is 6.92 Å². The fraction of sp³-hybridized carbons (Fsp3) is 0.667. The number of nitrogens with one attached hydrogen (secondary N) is 1. The summed E-state index contributed by atoms with van der Waals surface area (Å²) in [6.45, 7) is 8.11. The number of likely N-dealkylation sites (N-methyl/N-ethyl adjacent to an activating group) is 1. The number of anilines is 2. The first-order valence-electron chi connectivity index (χ1n) is 6.08. The molecule has 0 aliphatic heterocycles. The maximum atomic E-state index is 5.66. The van der Waals surface area contributed by atoms with Gasteiger partial charge >= 0.3 is 0 Å². The van der Waals surface area contributed by atoms with Crippen LogP contribution >= 0.6 is 0 Å². The monoisotopic (exact) mass is 237 g/mol. The average Bonchev–Trinajstić information content (AvgIpc) is 2.26. The van der Waals surface area contributed by atoms with E-state index in [1.54, 1.807) is 6.07 Å². The second-order valence-electron chi connectivity index (χ2n) is 4.39. The minimum absolute atomic E-state index is 0.510. The molecule has 17 heavy (non-hydrogen) atoms. The van der Waals surface area contributed by atoms with Crippen molar-refractivity contribution in [2.24, 2.45) is 0 Å². The lowest BCUT2D eigenvalue weighted by Crippen LogP contribution is -2.32. The fourth-order valence-corrected chi connectivity index (χ4v) is 1.57. The first-order chi connectivity index (χ1) is 8.02. The zero-order chi connectivity index (χ0) is 12.8. The van der Waals surface area contributed by atoms with E-state index in [1.807, 2.05) is 6.92 Å². The minimum atomic E-state index is 0.510. The Balaban J connectivity index is 2.40. The molecule has 0 fully saturated rings. The van der Waals surface area contributed by atoms with Gasteiger partial charge in [-0.15, -0.1) is 0 Å². The van der Waals surface area contributed by atoms with E-state index < -0.39 is 0 Å². The summed E-state index contributed by atoms with van der Waals surface area (Å²) in [6, 6.07) is 2.37. The second kappa shape index (κ2) is 6.39. The molecule has 0 aliphatic rings. The standard InChI is InChI=1S/C12H23N5/c1-5-9(2)17(4)7-6-14-12-8-11(13)15-10(3)16-12/h8-9H,5-7H2,1-4H3,(H3,13,14,15,16). The van der Waals surface area contributed by atoms with Crippen LogP contribution in [0.1, 0.15) is 26.1 Å². The highest BCUT2D eigenvalue weighted by Gasteiger charge is 2.06. The lowest BCUT2D eigenvalue weighted by molar-refractivity contribution is 0.261. The first kappa shape index (κ1) is 13.7. The van der Waals surface area contributed by atoms with E-state index >= 15 is 0 Å². The van der Waals surface area contributed by atoms with Crippen LogP contribution < -0.4 is 11.1 Å². The van der Waals surface area contributed by atoms with Crippen LogP contribution in [0.25, 0.3) is 0 Å². The highest BCUT2D eigenvalue weighted by Crippen LogP contribution is 2.07. The van der Waals surface area contributed by atoms with E-state index in [0.717, 1.165) is 25.3 Å². The molecule has 0 saturated carbocycles. The van der Waals surface area contributed by atoms with Gasteiger partial charge in [-0.25, -0.2) is 9.97 Å². The molecule has 0 aromatic carbocycles. The number of aromatic nitrogens is 2. The highest BCUT2D eigenvalue weighted by molar-refractivity contribution is 5.44. The molecule has 3 N–H and O–H groups in total. The van der Waals surface area contributed by atoms with E-state index in [1.165, 1.54) is 0 Å². The number of nitrogens with two attached hydrogens (primary N) is 1. The van der Waals surface area contributed by atoms with Crippen LogP contribution in [-0.2, 0) is 0 Å². The molecule has 1 atom stereocenters. The third-order valence-corrected chi connectivity index (χ3v) is 2.97. The van der Waals surface area contributed by atoms with Crippen LogP contribution in [0.4, 0.5) is 11.6 Å². The number of nitrogen functional groups attached to an aromatic ring is 1. The number of nitrogens with zero attached hydrogens (tertiary/aromatic N) is 3. The molecule has 5 heteroatoms. The predicted octanol–water partition coefficient (Wildman–Crippen LogP) is 1.51. The first-order valence-corrected chi connectivity index (χ1v) is 6.08. The lowest BCUT2D eigenvalue weighted by atomic mass is 10.2. The van der Waals surface area contributed by atoms with Crippen molar-refractivity contribution < 1.29 is 0 Å². The van der Waals surface area contributed by atoms with E-state index in [9.17, 15) is 0 Å². The summed E-state index contributed by atoms with van der Waals surface area (Å²) < 4.78 is 0. The van der Waals surface area contributed by atoms with Crippen molar-refractivity contribution >= 4 is 11.6 Å². The molecule has 0 spiro atoms. The van der Waals surface area contributed by atoms with E-state index in [0.29, 0.717) is 17.7 Å². The fourth-order valence-electron chi connectivity index (χ4n) is 1.57. The molecule has 1 rings (SSSR count). The molecule has 0 saturated heterocycles. The van der Waals surface area contributed by atoms with Gasteiger partial charge in [0.05, 0.1) is 0 Å². The van der Waals surface area contributed by atoms with Gasteiger partial charge in [0.2, 0.25) is 0 Å². The molecule has 1 aromatic heterocycles. The Hall–Kier alpha value is -1.36. The van der Waals surface area contributed by atoms with Crippen LogP contribution in [-0.4, -0.2) is 41.0 Å². The molecule has 0 radical (unpaired) electrons. The van der Waals surface area contributed by atoms with Crippen molar-refractivity contribution in [3.63, 3.8) is 0 Å². The van der Waals surface area contributed by atoms with Gasteiger partial charge < -0.3 is 16.0 Å². The Morgan fingerprint density at radius 3 is 2.76 bits per heavy atom. The Morgan fingerprint density at radius 2 is 2.18 bits per heavy atom. The summed E-state index contributed by atoms with van der Waals surface area (Å²) in [6.07, 6.45) is 1.16. The van der Waals surface area contributed by atoms with Gasteiger partial charge in [-0.2, -0.15) is 0 Å². The summed E-state index contributed by atoms with van der Waals surface area (Å²) in [7, 11) is 2.13. The van der Waals surface area contributed by atoms with Gasteiger partial charge in [-0.05, 0) is 27.3 Å². The van der Waals surface area contributed by atoms with E-state index in [4.69, 9.17) is 5.73 Å². The molecule has 96 valence electrons. The number of rotatable bonds is 6. The van der Waals surface area contributed by atoms with Crippen molar-refractivity contribution in [1.29, 1.82) is 0 Å². The van der Waals surface area contributed by atoms with Crippen LogP contribution in [0.15, 0.2) is 6.07 Å². The number of hydrogen-bond donors (Lipinski definition) is 2. The minimum Gasteiger partial charge on any atom is -0.384 e. The Bertz CT molecular complexity index is 332. The summed E-state index contributed by atoms with van der Waals surface area (Å²) in [5, 5.41) is 3.26. The highest BCUT2D eigenvalue weighted by atomic mass is 15.1. The lowest BCUT2D eigenvalue weighted by Gasteiger charge is -2.23. The Morgan fingerprint density at radius 1 is 1.47 bits per heavy atom. The zero-order valence-electron chi connectivity index (χ0n) is 11.2. The average molecular weight is 237 g/mol. The van der Waals surface area contributed by atoms with Crippen molar-refractivity contribution in [3.8, 4) is 0 Å². The molecule has 1 heterocycles. The van der Waals surface area contributed by atoms with Crippen LogP contribution in [0.3, 0.4) is 0 Å². The third kappa shape index (κ3) is 4.56. The molecule has 0 bridgehead atoms. The number of aryl methyl sites for hydroxylation is 1. The maximum Gasteiger partial charge on any atom is 0.131 e. The van der Waals surface area contributed by atoms with Gasteiger partial charge in [0.15, 0.2) is 0 Å². The molecule has 0 amide bonds. The van der Waals surface area contributed by atoms with E-state index in [2.05, 4.69) is 41.1 Å². The van der Waals surface area contributed by atoms with Gasteiger partial charge in [-0.3, -0.25) is 0 Å². The van der Waals surface area contributed by atoms with Crippen molar-refractivity contribution in [2.75, 3.05) is 31.2 Å². The molecule has 1 aromatic rings. The van der Waals surface area contributed by atoms with Gasteiger partial charge in [0.25, 0.3) is 0 Å². The van der Waals surface area contributed by atoms with Crippen molar-refractivity contribution in [2.45, 2.75) is 33.2 Å². The largest absolute Gasteiger partial charge is 0.384 e. The normalized spacial score (nSPS) is 12.8.